The van der Waals surface area contributed by atoms with Crippen LogP contribution in [0.15, 0.2) is 134 Å². The lowest BCUT2D eigenvalue weighted by Gasteiger charge is -2.30. The summed E-state index contributed by atoms with van der Waals surface area (Å²) in [4.78, 5) is 17.9. The van der Waals surface area contributed by atoms with Crippen LogP contribution in [0, 0.1) is 5.82 Å². The average Bonchev–Trinajstić information content (AvgIpc) is 3.56. The van der Waals surface area contributed by atoms with Crippen LogP contribution in [0.1, 0.15) is 11.1 Å². The maximum Gasteiger partial charge on any atom is 0.243 e. The van der Waals surface area contributed by atoms with E-state index in [1.54, 1.807) is 47.2 Å². The van der Waals surface area contributed by atoms with Crippen molar-refractivity contribution in [3.8, 4) is 22.7 Å². The van der Waals surface area contributed by atoms with Crippen molar-refractivity contribution in [3.63, 3.8) is 0 Å². The van der Waals surface area contributed by atoms with Crippen LogP contribution in [0.5, 0.6) is 5.75 Å². The van der Waals surface area contributed by atoms with Crippen molar-refractivity contribution < 1.29 is 13.9 Å². The molecule has 0 saturated heterocycles. The number of halogens is 3. The van der Waals surface area contributed by atoms with Gasteiger partial charge in [0, 0.05) is 41.8 Å². The number of ether oxygens (including phenoxy) is 1. The summed E-state index contributed by atoms with van der Waals surface area (Å²) in [7, 11) is 1.62. The molecule has 0 bridgehead atoms. The molecule has 0 fully saturated rings. The molecule has 0 radical (unpaired) electrons. The molecule has 6 rings (SSSR count). The molecule has 5 aromatic carbocycles. The van der Waals surface area contributed by atoms with Crippen molar-refractivity contribution in [1.29, 1.82) is 0 Å². The zero-order valence-electron chi connectivity index (χ0n) is 27.0. The highest BCUT2D eigenvalue weighted by atomic mass is 35.5. The highest BCUT2D eigenvalue weighted by Gasteiger charge is 2.25. The summed E-state index contributed by atoms with van der Waals surface area (Å²) in [6, 6.07) is 38.2. The molecular weight excluding hydrogens is 692 g/mol. The number of nitrogens with one attached hydrogen (secondary N) is 1. The van der Waals surface area contributed by atoms with Crippen LogP contribution in [0.4, 0.5) is 15.8 Å². The van der Waals surface area contributed by atoms with E-state index in [4.69, 9.17) is 45.3 Å². The molecule has 11 heteroatoms. The second-order valence-electron chi connectivity index (χ2n) is 11.4. The van der Waals surface area contributed by atoms with Gasteiger partial charge in [0.25, 0.3) is 0 Å². The predicted molar refractivity (Wildman–Crippen MR) is 203 cm³/mol. The normalized spacial score (nSPS) is 10.8. The Hall–Kier alpha value is -5.22. The molecule has 1 aromatic heterocycles. The molecule has 0 aliphatic carbocycles. The van der Waals surface area contributed by atoms with Crippen LogP contribution in [0.2, 0.25) is 10.0 Å². The predicted octanol–water partition coefficient (Wildman–Crippen LogP) is 9.43. The largest absolute Gasteiger partial charge is 0.497 e. The van der Waals surface area contributed by atoms with Gasteiger partial charge in [-0.25, -0.2) is 9.07 Å². The lowest BCUT2D eigenvalue weighted by atomic mass is 10.1. The summed E-state index contributed by atoms with van der Waals surface area (Å²) in [6.45, 7) is 0.398. The molecule has 0 aliphatic heterocycles. The molecule has 0 atom stereocenters. The van der Waals surface area contributed by atoms with Gasteiger partial charge >= 0.3 is 0 Å². The molecule has 50 heavy (non-hydrogen) atoms. The fraction of sp³-hybridized carbons (Fsp3) is 0.103. The van der Waals surface area contributed by atoms with Gasteiger partial charge in [0.2, 0.25) is 5.91 Å². The monoisotopic (exact) mass is 723 g/mol. The quantitative estimate of drug-likeness (QED) is 0.134. The van der Waals surface area contributed by atoms with Crippen LogP contribution in [0.3, 0.4) is 0 Å². The molecule has 0 unspecified atom stereocenters. The summed E-state index contributed by atoms with van der Waals surface area (Å²) in [6.07, 6.45) is 1.95. The second-order valence-corrected chi connectivity index (χ2v) is 12.6. The second kappa shape index (κ2) is 16.0. The number of amides is 1. The van der Waals surface area contributed by atoms with Crippen LogP contribution >= 0.6 is 35.4 Å². The summed E-state index contributed by atoms with van der Waals surface area (Å²) < 4.78 is 21.3. The first-order chi connectivity index (χ1) is 24.3. The van der Waals surface area contributed by atoms with E-state index in [2.05, 4.69) is 5.32 Å². The third-order valence-electron chi connectivity index (χ3n) is 7.93. The van der Waals surface area contributed by atoms with E-state index >= 15 is 0 Å². The summed E-state index contributed by atoms with van der Waals surface area (Å²) in [5, 5.41) is 8.88. The summed E-state index contributed by atoms with van der Waals surface area (Å²) in [5.74, 6) is 0.0769. The lowest BCUT2D eigenvalue weighted by Crippen LogP contribution is -2.44. The van der Waals surface area contributed by atoms with Crippen LogP contribution in [-0.2, 0) is 17.9 Å². The number of methoxy groups -OCH3 is 1. The molecular formula is C39H32Cl2FN5O2S. The first-order valence-corrected chi connectivity index (χ1v) is 16.8. The van der Waals surface area contributed by atoms with Gasteiger partial charge in [-0.2, -0.15) is 5.10 Å². The van der Waals surface area contributed by atoms with Crippen molar-refractivity contribution >= 4 is 57.8 Å². The number of hydrogen-bond acceptors (Lipinski definition) is 4. The van der Waals surface area contributed by atoms with E-state index < -0.39 is 5.82 Å². The fourth-order valence-corrected chi connectivity index (χ4v) is 5.98. The van der Waals surface area contributed by atoms with Gasteiger partial charge < -0.3 is 19.9 Å². The topological polar surface area (TPSA) is 62.6 Å². The molecule has 6 aromatic rings. The minimum atomic E-state index is -0.423. The fourth-order valence-electron chi connectivity index (χ4n) is 5.40. The van der Waals surface area contributed by atoms with E-state index in [0.29, 0.717) is 28.0 Å². The van der Waals surface area contributed by atoms with E-state index in [1.165, 1.54) is 12.1 Å². The number of hydrogen-bond donors (Lipinski definition) is 1. The van der Waals surface area contributed by atoms with Gasteiger partial charge in [0.1, 0.15) is 18.1 Å². The lowest BCUT2D eigenvalue weighted by molar-refractivity contribution is -0.130. The maximum atomic E-state index is 14.5. The van der Waals surface area contributed by atoms with Crippen LogP contribution in [0.25, 0.3) is 16.9 Å². The number of thiocarbonyl (C=S) groups is 1. The Morgan fingerprint density at radius 2 is 1.58 bits per heavy atom. The Morgan fingerprint density at radius 3 is 2.26 bits per heavy atom. The molecule has 0 saturated carbocycles. The number of carbonyl (C=O) groups excluding carboxylic acids is 1. The zero-order valence-corrected chi connectivity index (χ0v) is 29.3. The molecule has 1 N–H and O–H groups in total. The van der Waals surface area contributed by atoms with Crippen molar-refractivity contribution in [2.45, 2.75) is 13.1 Å². The molecule has 252 valence electrons. The number of para-hydroxylation sites is 1. The van der Waals surface area contributed by atoms with Crippen molar-refractivity contribution in [2.24, 2.45) is 0 Å². The molecule has 0 spiro atoms. The van der Waals surface area contributed by atoms with Gasteiger partial charge in [0.15, 0.2) is 5.11 Å². The van der Waals surface area contributed by atoms with E-state index in [9.17, 15) is 9.18 Å². The molecule has 0 aliphatic rings. The maximum absolute atomic E-state index is 14.5. The van der Waals surface area contributed by atoms with Crippen molar-refractivity contribution in [2.75, 3.05) is 23.9 Å². The first kappa shape index (κ1) is 34.6. The van der Waals surface area contributed by atoms with E-state index in [1.807, 2.05) is 95.8 Å². The highest BCUT2D eigenvalue weighted by Crippen LogP contribution is 2.30. The number of rotatable bonds is 11. The van der Waals surface area contributed by atoms with Crippen LogP contribution in [-0.4, -0.2) is 39.4 Å². The zero-order chi connectivity index (χ0) is 35.0. The number of anilines is 2. The Labute approximate surface area is 305 Å². The Morgan fingerprint density at radius 1 is 0.860 bits per heavy atom. The van der Waals surface area contributed by atoms with Gasteiger partial charge in [-0.05, 0) is 90.6 Å². The Balaban J connectivity index is 1.37. The summed E-state index contributed by atoms with van der Waals surface area (Å²) >= 11 is 18.5. The smallest absolute Gasteiger partial charge is 0.243 e. The number of aromatic nitrogens is 2. The minimum absolute atomic E-state index is 0.156. The third kappa shape index (κ3) is 8.49. The molecule has 1 amide bonds. The van der Waals surface area contributed by atoms with E-state index in [0.717, 1.165) is 33.8 Å². The molecule has 7 nitrogen and oxygen atoms in total. The number of benzene rings is 5. The van der Waals surface area contributed by atoms with Crippen molar-refractivity contribution in [3.05, 3.63) is 161 Å². The molecule has 1 heterocycles. The van der Waals surface area contributed by atoms with E-state index in [-0.39, 0.29) is 24.1 Å². The van der Waals surface area contributed by atoms with Gasteiger partial charge in [-0.1, -0.05) is 77.8 Å². The van der Waals surface area contributed by atoms with Gasteiger partial charge in [-0.15, -0.1) is 0 Å². The Kier molecular flexibility index (Phi) is 11.1. The summed E-state index contributed by atoms with van der Waals surface area (Å²) in [5.41, 5.74) is 5.25. The highest BCUT2D eigenvalue weighted by molar-refractivity contribution is 7.80. The standard InChI is InChI=1S/C39H32Cl2FN5O2S/c1-49-34-18-15-28(16-19-34)38-29(25-47(44-38)32-13-6-3-7-14-32)24-45(23-27-9-4-2-5-10-27)37(48)26-46(33-17-20-35(40)36(41)22-33)39(50)43-31-12-8-11-30(42)21-31/h2-22,25H,23-24,26H2,1H3,(H,43,50). The Bertz CT molecular complexity index is 2100. The van der Waals surface area contributed by atoms with Crippen LogP contribution < -0.4 is 15.0 Å². The van der Waals surface area contributed by atoms with Crippen molar-refractivity contribution in [1.82, 2.24) is 14.7 Å². The van der Waals surface area contributed by atoms with Gasteiger partial charge in [0.05, 0.1) is 28.5 Å². The number of nitrogens with zero attached hydrogens (tertiary/aromatic N) is 4. The third-order valence-corrected chi connectivity index (χ3v) is 9.00. The SMILES string of the molecule is COc1ccc(-c2nn(-c3ccccc3)cc2CN(Cc2ccccc2)C(=O)CN(C(=S)Nc2cccc(F)c2)c2ccc(Cl)c(Cl)c2)cc1. The minimum Gasteiger partial charge on any atom is -0.497 e. The average molecular weight is 725 g/mol. The number of carbonyl (C=O) groups is 1. The first-order valence-electron chi connectivity index (χ1n) is 15.7. The van der Waals surface area contributed by atoms with Gasteiger partial charge in [-0.3, -0.25) is 4.79 Å².